The Balaban J connectivity index is 1.34. The second-order valence-corrected chi connectivity index (χ2v) is 14.1. The topological polar surface area (TPSA) is 92.3 Å². The summed E-state index contributed by atoms with van der Waals surface area (Å²) in [5, 5.41) is 5.10. The molecular formula is C30H34FN7OS2. The van der Waals surface area contributed by atoms with Gasteiger partial charge in [-0.25, -0.2) is 14.2 Å². The minimum absolute atomic E-state index is 0.0718. The van der Waals surface area contributed by atoms with Gasteiger partial charge >= 0.3 is 5.69 Å². The lowest BCUT2D eigenvalue weighted by Crippen LogP contribution is -2.52. The molecular weight excluding hydrogens is 558 g/mol. The predicted molar refractivity (Wildman–Crippen MR) is 166 cm³/mol. The summed E-state index contributed by atoms with van der Waals surface area (Å²) in [6.45, 7) is 7.11. The van der Waals surface area contributed by atoms with E-state index in [1.165, 1.54) is 30.2 Å². The van der Waals surface area contributed by atoms with Gasteiger partial charge in [-0.3, -0.25) is 4.57 Å². The van der Waals surface area contributed by atoms with Crippen LogP contribution in [0.3, 0.4) is 0 Å². The van der Waals surface area contributed by atoms with Gasteiger partial charge in [0, 0.05) is 64.9 Å². The third-order valence-corrected chi connectivity index (χ3v) is 11.5. The first-order chi connectivity index (χ1) is 19.9. The first-order valence-electron chi connectivity index (χ1n) is 14.8. The molecule has 8 rings (SSSR count). The number of aromatic nitrogens is 3. The van der Waals surface area contributed by atoms with E-state index < -0.39 is 0 Å². The van der Waals surface area contributed by atoms with E-state index >= 15 is 0 Å². The lowest BCUT2D eigenvalue weighted by molar-refractivity contribution is 0.307. The highest BCUT2D eigenvalue weighted by Gasteiger charge is 2.36. The third kappa shape index (κ3) is 4.26. The number of nitrogen functional groups attached to an aromatic ring is 1. The van der Waals surface area contributed by atoms with Crippen molar-refractivity contribution in [2.75, 3.05) is 49.1 Å². The largest absolute Gasteiger partial charge is 0.375 e. The second kappa shape index (κ2) is 9.93. The molecule has 41 heavy (non-hydrogen) atoms. The molecule has 2 bridgehead atoms. The van der Waals surface area contributed by atoms with E-state index in [2.05, 4.69) is 33.1 Å². The molecule has 2 unspecified atom stereocenters. The number of anilines is 2. The Kier molecular flexibility index (Phi) is 6.28. The van der Waals surface area contributed by atoms with E-state index in [1.54, 1.807) is 0 Å². The number of hydrogen-bond donors (Lipinski definition) is 2. The van der Waals surface area contributed by atoms with Crippen LogP contribution in [0.4, 0.5) is 15.3 Å². The standard InChI is InChI=1S/C30H34FN7OS2/c1-16-12-21-25-27(23(16)20-6-7-22(31)26-24(20)34-29(32)41-26)40-15-19(8-11-36-9-2-3-10-36)38(25)30(39)35-28(21)37-13-17-4-5-18(14-37)33-17/h6-7,12,17-19,33H,2-5,8-11,13-15H2,1H3,(H2,32,34)/t17?,18?,19-/m0/s1. The molecule has 6 heterocycles. The van der Waals surface area contributed by atoms with Gasteiger partial charge in [0.25, 0.3) is 0 Å². The summed E-state index contributed by atoms with van der Waals surface area (Å²) in [7, 11) is 0. The van der Waals surface area contributed by atoms with Crippen molar-refractivity contribution >= 4 is 55.2 Å². The molecule has 4 aliphatic heterocycles. The van der Waals surface area contributed by atoms with Gasteiger partial charge < -0.3 is 20.9 Å². The number of benzene rings is 2. The molecule has 3 N–H and O–H groups in total. The van der Waals surface area contributed by atoms with Crippen LogP contribution in [0.1, 0.15) is 43.7 Å². The summed E-state index contributed by atoms with van der Waals surface area (Å²) in [5.41, 5.74) is 10.4. The highest BCUT2D eigenvalue weighted by Crippen LogP contribution is 2.48. The Bertz CT molecular complexity index is 1730. The Morgan fingerprint density at radius 1 is 1.15 bits per heavy atom. The quantitative estimate of drug-likeness (QED) is 0.343. The van der Waals surface area contributed by atoms with Gasteiger partial charge in [0.1, 0.15) is 11.6 Å². The average Bonchev–Trinajstić information content (AvgIpc) is 3.70. The minimum Gasteiger partial charge on any atom is -0.375 e. The Hall–Kier alpha value is -2.73. The number of thiazole rings is 1. The molecule has 8 nitrogen and oxygen atoms in total. The van der Waals surface area contributed by atoms with Crippen LogP contribution in [-0.4, -0.2) is 70.0 Å². The van der Waals surface area contributed by atoms with Crippen LogP contribution in [0.25, 0.3) is 32.2 Å². The number of hydrogen-bond acceptors (Lipinski definition) is 9. The number of nitrogens with zero attached hydrogens (tertiary/aromatic N) is 5. The predicted octanol–water partition coefficient (Wildman–Crippen LogP) is 4.78. The van der Waals surface area contributed by atoms with Gasteiger partial charge in [0.2, 0.25) is 0 Å². The molecule has 3 saturated heterocycles. The molecule has 3 atom stereocenters. The van der Waals surface area contributed by atoms with Crippen molar-refractivity contribution in [3.63, 3.8) is 0 Å². The van der Waals surface area contributed by atoms with E-state index in [0.29, 0.717) is 27.4 Å². The molecule has 2 aromatic carbocycles. The van der Waals surface area contributed by atoms with Crippen molar-refractivity contribution in [2.45, 2.75) is 62.0 Å². The van der Waals surface area contributed by atoms with Gasteiger partial charge in [0.05, 0.1) is 15.7 Å². The number of piperazine rings is 1. The van der Waals surface area contributed by atoms with Crippen molar-refractivity contribution in [1.29, 1.82) is 0 Å². The van der Waals surface area contributed by atoms with E-state index in [0.717, 1.165) is 96.0 Å². The smallest absolute Gasteiger partial charge is 0.350 e. The van der Waals surface area contributed by atoms with Crippen LogP contribution in [0.15, 0.2) is 27.9 Å². The maximum Gasteiger partial charge on any atom is 0.350 e. The number of nitrogens with one attached hydrogen (secondary N) is 1. The molecule has 0 aliphatic carbocycles. The van der Waals surface area contributed by atoms with Crippen LogP contribution in [0.5, 0.6) is 0 Å². The molecule has 0 radical (unpaired) electrons. The Morgan fingerprint density at radius 2 is 1.93 bits per heavy atom. The molecule has 0 amide bonds. The van der Waals surface area contributed by atoms with Crippen molar-refractivity contribution in [2.24, 2.45) is 0 Å². The van der Waals surface area contributed by atoms with Crippen molar-refractivity contribution in [1.82, 2.24) is 24.8 Å². The summed E-state index contributed by atoms with van der Waals surface area (Å²) >= 11 is 3.00. The monoisotopic (exact) mass is 591 g/mol. The SMILES string of the molecule is Cc1cc2c(N3CC4CCC(C3)N4)nc(=O)n3c2c(c1-c1ccc(F)c2sc(N)nc12)SC[C@@H]3CCN1CCCC1. The zero-order valence-corrected chi connectivity index (χ0v) is 24.8. The van der Waals surface area contributed by atoms with E-state index in [-0.39, 0.29) is 17.5 Å². The van der Waals surface area contributed by atoms with Gasteiger partial charge in [0.15, 0.2) is 5.13 Å². The maximum atomic E-state index is 14.8. The number of halogens is 1. The lowest BCUT2D eigenvalue weighted by atomic mass is 9.96. The van der Waals surface area contributed by atoms with Crippen molar-refractivity contribution in [3.05, 3.63) is 40.1 Å². The molecule has 11 heteroatoms. The fourth-order valence-corrected chi connectivity index (χ4v) is 9.71. The fraction of sp³-hybridized carbons (Fsp3) is 0.500. The summed E-state index contributed by atoms with van der Waals surface area (Å²) in [5.74, 6) is 1.30. The number of thioether (sulfide) groups is 1. The maximum absolute atomic E-state index is 14.8. The van der Waals surface area contributed by atoms with Crippen LogP contribution < -0.4 is 21.6 Å². The lowest BCUT2D eigenvalue weighted by Gasteiger charge is -2.36. The normalized spacial score (nSPS) is 24.2. The number of fused-ring (bicyclic) bond motifs is 3. The summed E-state index contributed by atoms with van der Waals surface area (Å²) < 4.78 is 17.2. The van der Waals surface area contributed by atoms with Gasteiger partial charge in [-0.05, 0) is 75.9 Å². The van der Waals surface area contributed by atoms with Crippen molar-refractivity contribution in [3.8, 4) is 11.1 Å². The second-order valence-electron chi connectivity index (χ2n) is 12.1. The fourth-order valence-electron chi connectivity index (χ4n) is 7.51. The number of likely N-dealkylation sites (tertiary alicyclic amines) is 1. The molecule has 2 aromatic heterocycles. The van der Waals surface area contributed by atoms with E-state index in [4.69, 9.17) is 10.7 Å². The number of rotatable bonds is 5. The Labute approximate surface area is 246 Å². The first-order valence-corrected chi connectivity index (χ1v) is 16.6. The van der Waals surface area contributed by atoms with Crippen molar-refractivity contribution < 1.29 is 4.39 Å². The highest BCUT2D eigenvalue weighted by atomic mass is 32.2. The van der Waals surface area contributed by atoms with Gasteiger partial charge in [-0.1, -0.05) is 11.3 Å². The average molecular weight is 592 g/mol. The van der Waals surface area contributed by atoms with Crippen LogP contribution in [0, 0.1) is 12.7 Å². The number of nitrogens with two attached hydrogens (primary N) is 1. The summed E-state index contributed by atoms with van der Waals surface area (Å²) in [6.07, 6.45) is 5.76. The molecule has 214 valence electrons. The van der Waals surface area contributed by atoms with Gasteiger partial charge in [-0.2, -0.15) is 4.98 Å². The molecule has 3 fully saturated rings. The molecule has 4 aromatic rings. The molecule has 4 aliphatic rings. The molecule has 0 spiro atoms. The van der Waals surface area contributed by atoms with E-state index in [9.17, 15) is 9.18 Å². The zero-order chi connectivity index (χ0) is 27.8. The summed E-state index contributed by atoms with van der Waals surface area (Å²) in [6, 6.07) is 6.48. The first kappa shape index (κ1) is 25.9. The van der Waals surface area contributed by atoms with Crippen LogP contribution >= 0.6 is 23.1 Å². The zero-order valence-electron chi connectivity index (χ0n) is 23.2. The highest BCUT2D eigenvalue weighted by molar-refractivity contribution is 7.99. The van der Waals surface area contributed by atoms with E-state index in [1.807, 2.05) is 22.4 Å². The minimum atomic E-state index is -0.309. The van der Waals surface area contributed by atoms with Crippen LogP contribution in [0.2, 0.25) is 0 Å². The third-order valence-electron chi connectivity index (χ3n) is 9.40. The van der Waals surface area contributed by atoms with Gasteiger partial charge in [-0.15, -0.1) is 11.8 Å². The van der Waals surface area contributed by atoms with Crippen LogP contribution in [-0.2, 0) is 0 Å². The summed E-state index contributed by atoms with van der Waals surface area (Å²) in [4.78, 5) is 29.3. The Morgan fingerprint density at radius 3 is 2.71 bits per heavy atom. The number of aryl methyl sites for hydroxylation is 1. The molecule has 0 saturated carbocycles.